The highest BCUT2D eigenvalue weighted by Crippen LogP contribution is 2.38. The average Bonchev–Trinajstić information content (AvgIpc) is 2.32. The Morgan fingerprint density at radius 1 is 1.39 bits per heavy atom. The van der Waals surface area contributed by atoms with Crippen LogP contribution in [0.1, 0.15) is 33.1 Å². The number of benzene rings is 1. The molecule has 18 heavy (non-hydrogen) atoms. The lowest BCUT2D eigenvalue weighted by atomic mass is 9.73. The van der Waals surface area contributed by atoms with Crippen LogP contribution in [-0.2, 0) is 10.8 Å². The first-order valence-corrected chi connectivity index (χ1v) is 7.93. The molecule has 0 bridgehead atoms. The second-order valence-electron chi connectivity index (χ2n) is 5.67. The lowest BCUT2D eigenvalue weighted by Crippen LogP contribution is -2.51. The molecular weight excluding hydrogens is 266 g/mol. The highest BCUT2D eigenvalue weighted by Gasteiger charge is 2.39. The molecule has 3 unspecified atom stereocenters. The number of rotatable bonds is 2. The second kappa shape index (κ2) is 5.32. The van der Waals surface area contributed by atoms with E-state index in [0.717, 1.165) is 24.2 Å². The Labute approximate surface area is 116 Å². The van der Waals surface area contributed by atoms with Gasteiger partial charge in [0.15, 0.2) is 0 Å². The van der Waals surface area contributed by atoms with Crippen LogP contribution in [0, 0.1) is 5.41 Å². The van der Waals surface area contributed by atoms with Gasteiger partial charge in [0.1, 0.15) is 0 Å². The summed E-state index contributed by atoms with van der Waals surface area (Å²) in [5.74, 6) is 0. The van der Waals surface area contributed by atoms with Gasteiger partial charge in [-0.05, 0) is 30.4 Å². The average molecular weight is 286 g/mol. The molecule has 0 aliphatic heterocycles. The van der Waals surface area contributed by atoms with Crippen LogP contribution >= 0.6 is 11.6 Å². The molecule has 0 heterocycles. The lowest BCUT2D eigenvalue weighted by molar-refractivity contribution is 0.206. The van der Waals surface area contributed by atoms with Gasteiger partial charge >= 0.3 is 0 Å². The van der Waals surface area contributed by atoms with Crippen LogP contribution in [0.2, 0.25) is 5.02 Å². The predicted octanol–water partition coefficient (Wildman–Crippen LogP) is 3.35. The van der Waals surface area contributed by atoms with E-state index in [-0.39, 0.29) is 16.7 Å². The number of nitrogens with two attached hydrogens (primary N) is 1. The monoisotopic (exact) mass is 285 g/mol. The molecular formula is C14H20ClNOS. The molecule has 2 rings (SSSR count). The maximum absolute atomic E-state index is 12.7. The summed E-state index contributed by atoms with van der Waals surface area (Å²) in [6.07, 6.45) is 3.11. The minimum absolute atomic E-state index is 0.00801. The third kappa shape index (κ3) is 2.63. The van der Waals surface area contributed by atoms with Gasteiger partial charge in [0.25, 0.3) is 0 Å². The minimum atomic E-state index is -1.12. The number of hydrogen-bond donors (Lipinski definition) is 1. The van der Waals surface area contributed by atoms with Gasteiger partial charge in [-0.2, -0.15) is 0 Å². The van der Waals surface area contributed by atoms with Gasteiger partial charge in [0.2, 0.25) is 0 Å². The Balaban J connectivity index is 2.27. The van der Waals surface area contributed by atoms with Crippen LogP contribution in [-0.4, -0.2) is 15.5 Å². The first-order valence-electron chi connectivity index (χ1n) is 6.34. The molecule has 1 aromatic rings. The maximum Gasteiger partial charge on any atom is 0.0591 e. The standard InChI is InChI=1S/C14H20ClNOS/c1-14(2)9-5-8-12(13(14)16)18(17)11-7-4-3-6-10(11)15/h3-4,6-7,12-13H,5,8-9,16H2,1-2H3. The van der Waals surface area contributed by atoms with Crippen LogP contribution < -0.4 is 5.73 Å². The van der Waals surface area contributed by atoms with E-state index in [4.69, 9.17) is 17.3 Å². The summed E-state index contributed by atoms with van der Waals surface area (Å²) in [7, 11) is -1.12. The quantitative estimate of drug-likeness (QED) is 0.905. The molecule has 3 atom stereocenters. The lowest BCUT2D eigenvalue weighted by Gasteiger charge is -2.41. The van der Waals surface area contributed by atoms with E-state index < -0.39 is 10.8 Å². The Hall–Kier alpha value is -0.380. The molecule has 1 aliphatic carbocycles. The zero-order chi connectivity index (χ0) is 13.3. The minimum Gasteiger partial charge on any atom is -0.326 e. The molecule has 100 valence electrons. The fraction of sp³-hybridized carbons (Fsp3) is 0.571. The summed E-state index contributed by atoms with van der Waals surface area (Å²) in [6, 6.07) is 7.32. The van der Waals surface area contributed by atoms with Crippen LogP contribution in [0.4, 0.5) is 0 Å². The summed E-state index contributed by atoms with van der Waals surface area (Å²) < 4.78 is 12.7. The molecule has 0 saturated heterocycles. The summed E-state index contributed by atoms with van der Waals surface area (Å²) >= 11 is 6.12. The third-order valence-corrected chi connectivity index (χ3v) is 6.25. The summed E-state index contributed by atoms with van der Waals surface area (Å²) in [4.78, 5) is 0.720. The zero-order valence-corrected chi connectivity index (χ0v) is 12.4. The van der Waals surface area contributed by atoms with Crippen molar-refractivity contribution in [1.29, 1.82) is 0 Å². The highest BCUT2D eigenvalue weighted by molar-refractivity contribution is 7.85. The Bertz CT molecular complexity index is 461. The smallest absolute Gasteiger partial charge is 0.0591 e. The highest BCUT2D eigenvalue weighted by atomic mass is 35.5. The van der Waals surface area contributed by atoms with Gasteiger partial charge in [-0.25, -0.2) is 0 Å². The number of hydrogen-bond acceptors (Lipinski definition) is 2. The molecule has 1 aliphatic rings. The van der Waals surface area contributed by atoms with Gasteiger partial charge < -0.3 is 5.73 Å². The topological polar surface area (TPSA) is 43.1 Å². The van der Waals surface area contributed by atoms with Crippen LogP contribution in [0.3, 0.4) is 0 Å². The first kappa shape index (κ1) is 14.0. The Kier molecular flexibility index (Phi) is 4.15. The van der Waals surface area contributed by atoms with E-state index in [0.29, 0.717) is 5.02 Å². The summed E-state index contributed by atoms with van der Waals surface area (Å²) in [6.45, 7) is 4.32. The summed E-state index contributed by atoms with van der Waals surface area (Å²) in [5.41, 5.74) is 6.36. The van der Waals surface area contributed by atoms with E-state index in [2.05, 4.69) is 13.8 Å². The molecule has 0 amide bonds. The van der Waals surface area contributed by atoms with Crippen molar-refractivity contribution in [3.8, 4) is 0 Å². The fourth-order valence-corrected chi connectivity index (χ4v) is 4.80. The van der Waals surface area contributed by atoms with Crippen LogP contribution in [0.5, 0.6) is 0 Å². The van der Waals surface area contributed by atoms with Crippen molar-refractivity contribution in [2.45, 2.75) is 49.3 Å². The summed E-state index contributed by atoms with van der Waals surface area (Å²) in [5, 5.41) is 0.583. The van der Waals surface area contributed by atoms with Crippen molar-refractivity contribution in [2.24, 2.45) is 11.1 Å². The largest absolute Gasteiger partial charge is 0.326 e. The molecule has 1 saturated carbocycles. The van der Waals surface area contributed by atoms with Crippen molar-refractivity contribution in [3.63, 3.8) is 0 Å². The molecule has 1 aromatic carbocycles. The first-order chi connectivity index (χ1) is 8.43. The normalized spacial score (nSPS) is 28.9. The van der Waals surface area contributed by atoms with E-state index in [1.54, 1.807) is 6.07 Å². The predicted molar refractivity (Wildman–Crippen MR) is 77.3 cm³/mol. The van der Waals surface area contributed by atoms with Gasteiger partial charge in [-0.15, -0.1) is 0 Å². The van der Waals surface area contributed by atoms with Gasteiger partial charge in [-0.1, -0.05) is 44.0 Å². The zero-order valence-electron chi connectivity index (χ0n) is 10.9. The molecule has 2 nitrogen and oxygen atoms in total. The fourth-order valence-electron chi connectivity index (χ4n) is 2.62. The molecule has 0 spiro atoms. The van der Waals surface area contributed by atoms with Crippen molar-refractivity contribution in [2.75, 3.05) is 0 Å². The Morgan fingerprint density at radius 2 is 2.06 bits per heavy atom. The number of halogens is 1. The van der Waals surface area contributed by atoms with Crippen LogP contribution in [0.15, 0.2) is 29.2 Å². The SMILES string of the molecule is CC1(C)CCCC(S(=O)c2ccccc2Cl)C1N. The third-order valence-electron chi connectivity index (χ3n) is 3.94. The molecule has 0 aromatic heterocycles. The maximum atomic E-state index is 12.7. The van der Waals surface area contributed by atoms with Crippen LogP contribution in [0.25, 0.3) is 0 Å². The van der Waals surface area contributed by atoms with Gasteiger partial charge in [0, 0.05) is 6.04 Å². The molecule has 0 radical (unpaired) electrons. The molecule has 1 fully saturated rings. The van der Waals surface area contributed by atoms with Crippen molar-refractivity contribution in [1.82, 2.24) is 0 Å². The Morgan fingerprint density at radius 3 is 2.72 bits per heavy atom. The van der Waals surface area contributed by atoms with Crippen molar-refractivity contribution < 1.29 is 4.21 Å². The van der Waals surface area contributed by atoms with Crippen molar-refractivity contribution in [3.05, 3.63) is 29.3 Å². The molecule has 2 N–H and O–H groups in total. The van der Waals surface area contributed by atoms with E-state index in [1.165, 1.54) is 0 Å². The van der Waals surface area contributed by atoms with Gasteiger partial charge in [0.05, 0.1) is 26.0 Å². The van der Waals surface area contributed by atoms with E-state index in [9.17, 15) is 4.21 Å². The van der Waals surface area contributed by atoms with E-state index >= 15 is 0 Å². The molecule has 4 heteroatoms. The van der Waals surface area contributed by atoms with E-state index in [1.807, 2.05) is 18.2 Å². The van der Waals surface area contributed by atoms with Gasteiger partial charge in [-0.3, -0.25) is 4.21 Å². The second-order valence-corrected chi connectivity index (χ2v) is 7.72. The van der Waals surface area contributed by atoms with Crippen molar-refractivity contribution >= 4 is 22.4 Å².